The Morgan fingerprint density at radius 3 is 2.32 bits per heavy atom. The number of ether oxygens (including phenoxy) is 4. The fourth-order valence-corrected chi connectivity index (χ4v) is 4.37. The maximum absolute atomic E-state index is 13.6. The SMILES string of the molecule is COc1cc(O)c2c(=O)c(OC3OC(COC(=O)c4ccccc4)C(O)C(O)C3O)c(-c3ccc(O)cc3)oc2c1. The summed E-state index contributed by atoms with van der Waals surface area (Å²) < 4.78 is 27.7. The molecule has 5 rings (SSSR count). The summed E-state index contributed by atoms with van der Waals surface area (Å²) in [5.74, 6) is -1.69. The monoisotopic (exact) mass is 566 g/mol. The molecule has 1 aromatic heterocycles. The molecule has 3 aromatic carbocycles. The third-order valence-corrected chi connectivity index (χ3v) is 6.56. The number of hydrogen-bond acceptors (Lipinski definition) is 12. The van der Waals surface area contributed by atoms with E-state index in [1.165, 1.54) is 55.6 Å². The lowest BCUT2D eigenvalue weighted by molar-refractivity contribution is -0.277. The van der Waals surface area contributed by atoms with E-state index in [1.807, 2.05) is 0 Å². The average molecular weight is 567 g/mol. The predicted octanol–water partition coefficient (Wildman–Crippen LogP) is 1.92. The van der Waals surface area contributed by atoms with Crippen molar-refractivity contribution in [3.8, 4) is 34.3 Å². The zero-order valence-corrected chi connectivity index (χ0v) is 21.5. The summed E-state index contributed by atoms with van der Waals surface area (Å²) in [6, 6.07) is 16.2. The van der Waals surface area contributed by atoms with E-state index in [2.05, 4.69) is 0 Å². The van der Waals surface area contributed by atoms with Crippen molar-refractivity contribution in [2.75, 3.05) is 13.7 Å². The molecule has 0 bridgehead atoms. The highest BCUT2D eigenvalue weighted by atomic mass is 16.7. The number of carbonyl (C=O) groups excluding carboxylic acids is 1. The summed E-state index contributed by atoms with van der Waals surface area (Å²) in [5, 5.41) is 51.7. The molecule has 4 aromatic rings. The first-order chi connectivity index (χ1) is 19.7. The van der Waals surface area contributed by atoms with Gasteiger partial charge >= 0.3 is 5.97 Å². The Bertz CT molecular complexity index is 1600. The molecule has 0 aliphatic carbocycles. The first kappa shape index (κ1) is 27.9. The molecule has 1 aliphatic rings. The molecule has 2 heterocycles. The van der Waals surface area contributed by atoms with Gasteiger partial charge in [-0.1, -0.05) is 18.2 Å². The van der Waals surface area contributed by atoms with Gasteiger partial charge < -0.3 is 48.9 Å². The number of esters is 1. The van der Waals surface area contributed by atoms with Crippen LogP contribution in [0.5, 0.6) is 23.0 Å². The van der Waals surface area contributed by atoms with E-state index in [4.69, 9.17) is 23.4 Å². The average Bonchev–Trinajstić information content (AvgIpc) is 2.98. The molecule has 41 heavy (non-hydrogen) atoms. The summed E-state index contributed by atoms with van der Waals surface area (Å²) in [4.78, 5) is 26.0. The lowest BCUT2D eigenvalue weighted by Crippen LogP contribution is -2.60. The van der Waals surface area contributed by atoms with E-state index in [9.17, 15) is 35.1 Å². The Hall–Kier alpha value is -4.62. The van der Waals surface area contributed by atoms with Crippen LogP contribution in [-0.2, 0) is 9.47 Å². The highest BCUT2D eigenvalue weighted by Gasteiger charge is 2.46. The van der Waals surface area contributed by atoms with Crippen LogP contribution < -0.4 is 14.9 Å². The lowest BCUT2D eigenvalue weighted by Gasteiger charge is -2.39. The molecule has 1 saturated heterocycles. The number of methoxy groups -OCH3 is 1. The minimum absolute atomic E-state index is 0.0476. The van der Waals surface area contributed by atoms with E-state index in [0.29, 0.717) is 0 Å². The van der Waals surface area contributed by atoms with Gasteiger partial charge in [-0.05, 0) is 36.4 Å². The fourth-order valence-electron chi connectivity index (χ4n) is 4.37. The highest BCUT2D eigenvalue weighted by Crippen LogP contribution is 2.37. The molecule has 0 spiro atoms. The molecule has 0 saturated carbocycles. The number of carbonyl (C=O) groups is 1. The van der Waals surface area contributed by atoms with Gasteiger partial charge in [0.15, 0.2) is 5.76 Å². The van der Waals surface area contributed by atoms with Crippen molar-refractivity contribution in [2.24, 2.45) is 0 Å². The molecular formula is C29H26O12. The molecule has 1 fully saturated rings. The van der Waals surface area contributed by atoms with Crippen molar-refractivity contribution in [1.82, 2.24) is 0 Å². The molecule has 12 nitrogen and oxygen atoms in total. The number of rotatable bonds is 7. The Labute approximate surface area is 232 Å². The van der Waals surface area contributed by atoms with Crippen LogP contribution in [0.15, 0.2) is 75.9 Å². The molecule has 0 amide bonds. The van der Waals surface area contributed by atoms with E-state index < -0.39 is 60.2 Å². The number of aliphatic hydroxyl groups is 3. The molecule has 12 heteroatoms. The zero-order valence-electron chi connectivity index (χ0n) is 21.5. The normalized spacial score (nSPS) is 22.3. The quantitative estimate of drug-likeness (QED) is 0.205. The smallest absolute Gasteiger partial charge is 0.338 e. The summed E-state index contributed by atoms with van der Waals surface area (Å²) >= 11 is 0. The van der Waals surface area contributed by atoms with Crippen LogP contribution in [0, 0.1) is 0 Å². The maximum atomic E-state index is 13.6. The number of benzene rings is 3. The van der Waals surface area contributed by atoms with Crippen LogP contribution in [0.1, 0.15) is 10.4 Å². The van der Waals surface area contributed by atoms with Gasteiger partial charge in [0.05, 0.1) is 12.7 Å². The van der Waals surface area contributed by atoms with Crippen molar-refractivity contribution in [2.45, 2.75) is 30.7 Å². The van der Waals surface area contributed by atoms with Crippen molar-refractivity contribution < 1.29 is 53.7 Å². The van der Waals surface area contributed by atoms with Crippen molar-refractivity contribution in [3.05, 3.63) is 82.5 Å². The Kier molecular flexibility index (Phi) is 7.81. The van der Waals surface area contributed by atoms with E-state index in [1.54, 1.807) is 18.2 Å². The van der Waals surface area contributed by atoms with Crippen LogP contribution >= 0.6 is 0 Å². The fraction of sp³-hybridized carbons (Fsp3) is 0.241. The van der Waals surface area contributed by atoms with Gasteiger partial charge in [0.1, 0.15) is 59.2 Å². The molecule has 214 valence electrons. The van der Waals surface area contributed by atoms with Gasteiger partial charge in [0.25, 0.3) is 0 Å². The second kappa shape index (κ2) is 11.5. The number of fused-ring (bicyclic) bond motifs is 1. The van der Waals surface area contributed by atoms with Gasteiger partial charge in [-0.2, -0.15) is 0 Å². The van der Waals surface area contributed by atoms with Gasteiger partial charge in [0.2, 0.25) is 17.5 Å². The molecule has 0 radical (unpaired) electrons. The summed E-state index contributed by atoms with van der Waals surface area (Å²) in [5.41, 5.74) is -0.375. The van der Waals surface area contributed by atoms with Gasteiger partial charge in [0, 0.05) is 17.7 Å². The van der Waals surface area contributed by atoms with E-state index >= 15 is 0 Å². The number of phenols is 2. The standard InChI is InChI=1S/C29H26O12/c1-37-17-11-18(31)21-19(12-17)39-26(14-7-9-16(30)10-8-14)27(23(21)33)41-29-25(35)24(34)22(32)20(40-29)13-38-28(36)15-5-3-2-4-6-15/h2-12,20,22,24-25,29-32,34-35H,13H2,1H3. The third-order valence-electron chi connectivity index (χ3n) is 6.56. The second-order valence-electron chi connectivity index (χ2n) is 9.25. The number of phenolic OH excluding ortho intramolecular Hbond substituents is 2. The first-order valence-corrected chi connectivity index (χ1v) is 12.4. The van der Waals surface area contributed by atoms with E-state index in [-0.39, 0.29) is 39.4 Å². The van der Waals surface area contributed by atoms with Crippen molar-refractivity contribution >= 4 is 16.9 Å². The summed E-state index contributed by atoms with van der Waals surface area (Å²) in [7, 11) is 1.37. The largest absolute Gasteiger partial charge is 0.508 e. The van der Waals surface area contributed by atoms with Gasteiger partial charge in [-0.3, -0.25) is 4.79 Å². The maximum Gasteiger partial charge on any atom is 0.338 e. The first-order valence-electron chi connectivity index (χ1n) is 12.4. The third kappa shape index (κ3) is 5.54. The second-order valence-corrected chi connectivity index (χ2v) is 9.25. The number of hydrogen-bond donors (Lipinski definition) is 5. The molecule has 5 N–H and O–H groups in total. The van der Waals surface area contributed by atoms with Gasteiger partial charge in [-0.25, -0.2) is 4.79 Å². The topological polar surface area (TPSA) is 185 Å². The van der Waals surface area contributed by atoms with Gasteiger partial charge in [-0.15, -0.1) is 0 Å². The highest BCUT2D eigenvalue weighted by molar-refractivity contribution is 5.89. The lowest BCUT2D eigenvalue weighted by atomic mass is 9.99. The zero-order chi connectivity index (χ0) is 29.3. The molecule has 1 aliphatic heterocycles. The molecule has 5 unspecified atom stereocenters. The van der Waals surface area contributed by atoms with Crippen molar-refractivity contribution in [1.29, 1.82) is 0 Å². The Morgan fingerprint density at radius 1 is 0.927 bits per heavy atom. The minimum Gasteiger partial charge on any atom is -0.508 e. The number of aromatic hydroxyl groups is 2. The summed E-state index contributed by atoms with van der Waals surface area (Å²) in [6.07, 6.45) is -8.43. The van der Waals surface area contributed by atoms with Crippen LogP contribution in [0.25, 0.3) is 22.3 Å². The predicted molar refractivity (Wildman–Crippen MR) is 142 cm³/mol. The van der Waals surface area contributed by atoms with Crippen molar-refractivity contribution in [3.63, 3.8) is 0 Å². The number of aliphatic hydroxyl groups excluding tert-OH is 3. The molecule has 5 atom stereocenters. The van der Waals surface area contributed by atoms with Crippen LogP contribution in [0.4, 0.5) is 0 Å². The van der Waals surface area contributed by atoms with Crippen LogP contribution in [0.2, 0.25) is 0 Å². The minimum atomic E-state index is -1.85. The van der Waals surface area contributed by atoms with Crippen LogP contribution in [0.3, 0.4) is 0 Å². The molecular weight excluding hydrogens is 540 g/mol. The van der Waals surface area contributed by atoms with E-state index in [0.717, 1.165) is 0 Å². The summed E-state index contributed by atoms with van der Waals surface area (Å²) in [6.45, 7) is -0.518. The Morgan fingerprint density at radius 2 is 1.63 bits per heavy atom. The Balaban J connectivity index is 1.50. The van der Waals surface area contributed by atoms with Crippen LogP contribution in [-0.4, -0.2) is 75.9 Å².